The van der Waals surface area contributed by atoms with Gasteiger partial charge in [0.05, 0.1) is 0 Å². The topological polar surface area (TPSA) is 69.3 Å². The standard InChI is InChI=1S/C20H27N5O/c26-18-12-17(14-6-10-22-11-7-14)25-20(23-18)19-15(2-1-3-16(19)24-25)13-4-8-21-9-5-13/h4-5,8-9,12,14-16,19-20,22,24H,1-3,6-7,10-11H2,(H,23,26). The molecule has 5 rings (SSSR count). The van der Waals surface area contributed by atoms with Crippen LogP contribution in [0.5, 0.6) is 0 Å². The molecule has 0 radical (unpaired) electrons. The number of allylic oxidation sites excluding steroid dienone is 1. The van der Waals surface area contributed by atoms with Gasteiger partial charge in [0.1, 0.15) is 6.17 Å². The van der Waals surface area contributed by atoms with E-state index in [1.807, 2.05) is 18.5 Å². The predicted molar refractivity (Wildman–Crippen MR) is 98.7 cm³/mol. The van der Waals surface area contributed by atoms with E-state index in [4.69, 9.17) is 0 Å². The van der Waals surface area contributed by atoms with Crippen molar-refractivity contribution in [1.82, 2.24) is 26.1 Å². The van der Waals surface area contributed by atoms with Gasteiger partial charge in [-0.1, -0.05) is 6.42 Å². The van der Waals surface area contributed by atoms with Gasteiger partial charge in [0, 0.05) is 42.0 Å². The van der Waals surface area contributed by atoms with Crippen molar-refractivity contribution in [1.29, 1.82) is 0 Å². The fourth-order valence-electron chi connectivity index (χ4n) is 5.46. The molecule has 3 fully saturated rings. The molecule has 1 aromatic rings. The number of hydrogen-bond donors (Lipinski definition) is 3. The SMILES string of the molecule is O=C1C=C(C2CCNCC2)N2NC3CCCC(c4ccncc4)C3C2N1. The van der Waals surface area contributed by atoms with Crippen molar-refractivity contribution in [2.45, 2.75) is 50.2 Å². The highest BCUT2D eigenvalue weighted by Gasteiger charge is 2.50. The zero-order chi connectivity index (χ0) is 17.5. The van der Waals surface area contributed by atoms with Gasteiger partial charge in [-0.3, -0.25) is 14.8 Å². The lowest BCUT2D eigenvalue weighted by molar-refractivity contribution is -0.120. The van der Waals surface area contributed by atoms with Crippen LogP contribution in [-0.4, -0.2) is 41.2 Å². The molecule has 4 atom stereocenters. The lowest BCUT2D eigenvalue weighted by atomic mass is 9.72. The quantitative estimate of drug-likeness (QED) is 0.752. The van der Waals surface area contributed by atoms with Gasteiger partial charge < -0.3 is 10.6 Å². The number of fused-ring (bicyclic) bond motifs is 3. The van der Waals surface area contributed by atoms with Crippen molar-refractivity contribution in [3.63, 3.8) is 0 Å². The molecule has 0 spiro atoms. The number of rotatable bonds is 2. The van der Waals surface area contributed by atoms with E-state index < -0.39 is 0 Å². The summed E-state index contributed by atoms with van der Waals surface area (Å²) in [6.07, 6.45) is 11.5. The van der Waals surface area contributed by atoms with Gasteiger partial charge in [-0.25, -0.2) is 5.43 Å². The fraction of sp³-hybridized carbons (Fsp3) is 0.600. The molecule has 26 heavy (non-hydrogen) atoms. The van der Waals surface area contributed by atoms with Crippen LogP contribution in [0.25, 0.3) is 0 Å². The number of pyridine rings is 1. The average molecular weight is 353 g/mol. The lowest BCUT2D eigenvalue weighted by Gasteiger charge is -2.40. The molecular formula is C20H27N5O. The number of aromatic nitrogens is 1. The van der Waals surface area contributed by atoms with Crippen molar-refractivity contribution in [3.05, 3.63) is 41.9 Å². The van der Waals surface area contributed by atoms with E-state index in [9.17, 15) is 4.79 Å². The zero-order valence-corrected chi connectivity index (χ0v) is 15.0. The lowest BCUT2D eigenvalue weighted by Crippen LogP contribution is -2.54. The van der Waals surface area contributed by atoms with E-state index in [-0.39, 0.29) is 12.1 Å². The van der Waals surface area contributed by atoms with Crippen LogP contribution in [0.15, 0.2) is 36.3 Å². The third kappa shape index (κ3) is 2.72. The molecule has 4 heterocycles. The maximum atomic E-state index is 12.5. The zero-order valence-electron chi connectivity index (χ0n) is 15.0. The second-order valence-corrected chi connectivity index (χ2v) is 8.05. The molecule has 1 aliphatic carbocycles. The molecule has 4 aliphatic rings. The van der Waals surface area contributed by atoms with Crippen LogP contribution in [0.3, 0.4) is 0 Å². The average Bonchev–Trinajstić information content (AvgIpc) is 3.07. The first kappa shape index (κ1) is 16.3. The highest BCUT2D eigenvalue weighted by atomic mass is 16.2. The molecule has 3 aliphatic heterocycles. The van der Waals surface area contributed by atoms with Crippen LogP contribution in [-0.2, 0) is 4.79 Å². The molecule has 2 saturated heterocycles. The largest absolute Gasteiger partial charge is 0.331 e. The molecule has 0 bridgehead atoms. The molecule has 4 unspecified atom stereocenters. The summed E-state index contributed by atoms with van der Waals surface area (Å²) in [6, 6.07) is 4.71. The van der Waals surface area contributed by atoms with Gasteiger partial charge >= 0.3 is 0 Å². The summed E-state index contributed by atoms with van der Waals surface area (Å²) >= 11 is 0. The minimum absolute atomic E-state index is 0.0563. The normalized spacial score (nSPS) is 34.7. The first-order chi connectivity index (χ1) is 12.8. The smallest absolute Gasteiger partial charge is 0.247 e. The number of hydrazine groups is 1. The van der Waals surface area contributed by atoms with Crippen molar-refractivity contribution in [3.8, 4) is 0 Å². The van der Waals surface area contributed by atoms with Crippen LogP contribution >= 0.6 is 0 Å². The van der Waals surface area contributed by atoms with Gasteiger partial charge in [0.25, 0.3) is 0 Å². The first-order valence-electron chi connectivity index (χ1n) is 9.99. The van der Waals surface area contributed by atoms with Crippen LogP contribution in [0.2, 0.25) is 0 Å². The monoisotopic (exact) mass is 353 g/mol. The van der Waals surface area contributed by atoms with Crippen LogP contribution in [0.4, 0.5) is 0 Å². The van der Waals surface area contributed by atoms with Crippen LogP contribution in [0, 0.1) is 11.8 Å². The third-order valence-corrected chi connectivity index (χ3v) is 6.65. The number of carbonyl (C=O) groups excluding carboxylic acids is 1. The number of nitrogens with one attached hydrogen (secondary N) is 3. The van der Waals surface area contributed by atoms with E-state index in [0.29, 0.717) is 23.8 Å². The minimum atomic E-state index is 0.0563. The molecule has 0 aromatic carbocycles. The Balaban J connectivity index is 1.46. The molecule has 138 valence electrons. The Morgan fingerprint density at radius 3 is 2.69 bits per heavy atom. The van der Waals surface area contributed by atoms with E-state index in [2.05, 4.69) is 38.2 Å². The number of nitrogens with zero attached hydrogens (tertiary/aromatic N) is 2. The van der Waals surface area contributed by atoms with Gasteiger partial charge in [-0.05, 0) is 62.4 Å². The Bertz CT molecular complexity index is 699. The van der Waals surface area contributed by atoms with E-state index in [1.54, 1.807) is 0 Å². The van der Waals surface area contributed by atoms with Gasteiger partial charge in [-0.15, -0.1) is 0 Å². The predicted octanol–water partition coefficient (Wildman–Crippen LogP) is 1.49. The number of carbonyl (C=O) groups is 1. The van der Waals surface area contributed by atoms with Gasteiger partial charge in [0.2, 0.25) is 5.91 Å². The Hall–Kier alpha value is -1.92. The number of hydrogen-bond acceptors (Lipinski definition) is 5. The molecule has 1 aromatic heterocycles. The summed E-state index contributed by atoms with van der Waals surface area (Å²) in [5.74, 6) is 1.41. The highest BCUT2D eigenvalue weighted by Crippen LogP contribution is 2.45. The summed E-state index contributed by atoms with van der Waals surface area (Å²) < 4.78 is 0. The van der Waals surface area contributed by atoms with Crippen LogP contribution < -0.4 is 16.1 Å². The Kier molecular flexibility index (Phi) is 4.17. The maximum absolute atomic E-state index is 12.5. The Morgan fingerprint density at radius 1 is 1.08 bits per heavy atom. The molecule has 1 saturated carbocycles. The van der Waals surface area contributed by atoms with Gasteiger partial charge in [-0.2, -0.15) is 0 Å². The van der Waals surface area contributed by atoms with Crippen molar-refractivity contribution >= 4 is 5.91 Å². The van der Waals surface area contributed by atoms with Crippen molar-refractivity contribution in [2.24, 2.45) is 11.8 Å². The fourth-order valence-corrected chi connectivity index (χ4v) is 5.46. The van der Waals surface area contributed by atoms with Crippen molar-refractivity contribution < 1.29 is 4.79 Å². The van der Waals surface area contributed by atoms with E-state index >= 15 is 0 Å². The maximum Gasteiger partial charge on any atom is 0.247 e. The second kappa shape index (κ2) is 6.67. The summed E-state index contributed by atoms with van der Waals surface area (Å²) in [4.78, 5) is 16.7. The molecule has 6 nitrogen and oxygen atoms in total. The third-order valence-electron chi connectivity index (χ3n) is 6.65. The summed E-state index contributed by atoms with van der Waals surface area (Å²) in [7, 11) is 0. The molecular weight excluding hydrogens is 326 g/mol. The second-order valence-electron chi connectivity index (χ2n) is 8.05. The highest BCUT2D eigenvalue weighted by molar-refractivity contribution is 5.89. The minimum Gasteiger partial charge on any atom is -0.331 e. The van der Waals surface area contributed by atoms with Crippen LogP contribution in [0.1, 0.15) is 43.6 Å². The summed E-state index contributed by atoms with van der Waals surface area (Å²) in [6.45, 7) is 2.07. The Morgan fingerprint density at radius 2 is 1.88 bits per heavy atom. The molecule has 1 amide bonds. The van der Waals surface area contributed by atoms with E-state index in [0.717, 1.165) is 25.9 Å². The number of amides is 1. The van der Waals surface area contributed by atoms with E-state index in [1.165, 1.54) is 30.5 Å². The van der Waals surface area contributed by atoms with Crippen molar-refractivity contribution in [2.75, 3.05) is 13.1 Å². The van der Waals surface area contributed by atoms with Gasteiger partial charge in [0.15, 0.2) is 0 Å². The number of piperidine rings is 1. The molecule has 3 N–H and O–H groups in total. The Labute approximate surface area is 154 Å². The first-order valence-corrected chi connectivity index (χ1v) is 9.99. The molecule has 6 heteroatoms. The summed E-state index contributed by atoms with van der Waals surface area (Å²) in [5.41, 5.74) is 6.33. The summed E-state index contributed by atoms with van der Waals surface area (Å²) in [5, 5.41) is 9.01.